The number of aryl methyl sites for hydroxylation is 1. The summed E-state index contributed by atoms with van der Waals surface area (Å²) in [5, 5.41) is 0.877. The van der Waals surface area contributed by atoms with Crippen LogP contribution in [0.4, 0.5) is 0 Å². The number of thiazole rings is 1. The fraction of sp³-hybridized carbons (Fsp3) is 0.500. The maximum Gasteiger partial charge on any atom is 0.266 e. The molecular weight excluding hydrogens is 242 g/mol. The van der Waals surface area contributed by atoms with Gasteiger partial charge in [-0.1, -0.05) is 12.2 Å². The van der Waals surface area contributed by atoms with Crippen molar-refractivity contribution in [3.8, 4) is 0 Å². The van der Waals surface area contributed by atoms with Gasteiger partial charge in [0, 0.05) is 6.04 Å². The standard InChI is InChI=1S/C10H15N3OS2/c1-6(2)13(5-9(11)15)10(14)8-4-12-7(3)16-8/h4,6H,5H2,1-3H3,(H2,11,15). The molecule has 0 atom stereocenters. The number of nitrogens with zero attached hydrogens (tertiary/aromatic N) is 2. The van der Waals surface area contributed by atoms with Crippen molar-refractivity contribution in [3.63, 3.8) is 0 Å². The minimum absolute atomic E-state index is 0.0617. The number of amides is 1. The topological polar surface area (TPSA) is 59.2 Å². The summed E-state index contributed by atoms with van der Waals surface area (Å²) < 4.78 is 0. The molecule has 0 spiro atoms. The first-order valence-corrected chi connectivity index (χ1v) is 6.16. The van der Waals surface area contributed by atoms with Crippen LogP contribution in [0.2, 0.25) is 0 Å². The predicted molar refractivity (Wildman–Crippen MR) is 69.8 cm³/mol. The molecule has 0 bridgehead atoms. The molecule has 1 amide bonds. The quantitative estimate of drug-likeness (QED) is 0.832. The van der Waals surface area contributed by atoms with Gasteiger partial charge in [0.1, 0.15) is 4.88 Å². The zero-order chi connectivity index (χ0) is 12.3. The third-order valence-corrected chi connectivity index (χ3v) is 3.07. The molecule has 1 aromatic rings. The fourth-order valence-electron chi connectivity index (χ4n) is 1.26. The molecule has 0 unspecified atom stereocenters. The van der Waals surface area contributed by atoms with Gasteiger partial charge in [-0.05, 0) is 20.8 Å². The Morgan fingerprint density at radius 2 is 2.31 bits per heavy atom. The normalized spacial score (nSPS) is 10.5. The lowest BCUT2D eigenvalue weighted by atomic mass is 10.3. The van der Waals surface area contributed by atoms with E-state index >= 15 is 0 Å². The first-order valence-electron chi connectivity index (χ1n) is 4.93. The second kappa shape index (κ2) is 5.36. The van der Waals surface area contributed by atoms with Crippen LogP contribution in [0.25, 0.3) is 0 Å². The molecule has 0 saturated heterocycles. The Hall–Kier alpha value is -1.01. The van der Waals surface area contributed by atoms with Crippen LogP contribution in [0.15, 0.2) is 6.20 Å². The molecule has 0 aliphatic rings. The molecule has 0 aliphatic heterocycles. The van der Waals surface area contributed by atoms with Gasteiger partial charge < -0.3 is 10.6 Å². The van der Waals surface area contributed by atoms with Crippen LogP contribution < -0.4 is 5.73 Å². The lowest BCUT2D eigenvalue weighted by Gasteiger charge is -2.25. The van der Waals surface area contributed by atoms with Crippen LogP contribution in [-0.4, -0.2) is 33.4 Å². The second-order valence-corrected chi connectivity index (χ2v) is 5.50. The molecule has 1 aromatic heterocycles. The fourth-order valence-corrected chi connectivity index (χ4v) is 2.13. The van der Waals surface area contributed by atoms with Crippen LogP contribution in [0.3, 0.4) is 0 Å². The van der Waals surface area contributed by atoms with E-state index < -0.39 is 0 Å². The molecule has 0 fully saturated rings. The first kappa shape index (κ1) is 13.1. The smallest absolute Gasteiger partial charge is 0.266 e. The molecule has 1 rings (SSSR count). The van der Waals surface area contributed by atoms with Gasteiger partial charge in [-0.15, -0.1) is 11.3 Å². The largest absolute Gasteiger partial charge is 0.392 e. The number of hydrogen-bond donors (Lipinski definition) is 1. The van der Waals surface area contributed by atoms with Crippen molar-refractivity contribution in [2.75, 3.05) is 6.54 Å². The number of carbonyl (C=O) groups is 1. The highest BCUT2D eigenvalue weighted by atomic mass is 32.1. The molecule has 1 heterocycles. The average Bonchev–Trinajstić information content (AvgIpc) is 2.59. The van der Waals surface area contributed by atoms with Gasteiger partial charge in [0.15, 0.2) is 0 Å². The maximum absolute atomic E-state index is 12.1. The zero-order valence-electron chi connectivity index (χ0n) is 9.56. The summed E-state index contributed by atoms with van der Waals surface area (Å²) in [6, 6.07) is 0.0661. The van der Waals surface area contributed by atoms with Crippen molar-refractivity contribution in [1.29, 1.82) is 0 Å². The van der Waals surface area contributed by atoms with Crippen molar-refractivity contribution >= 4 is 34.5 Å². The molecule has 4 nitrogen and oxygen atoms in total. The molecule has 0 aromatic carbocycles. The Labute approximate surface area is 104 Å². The highest BCUT2D eigenvalue weighted by Crippen LogP contribution is 2.15. The van der Waals surface area contributed by atoms with Crippen LogP contribution >= 0.6 is 23.6 Å². The van der Waals surface area contributed by atoms with E-state index in [1.165, 1.54) is 11.3 Å². The van der Waals surface area contributed by atoms with Crippen molar-refractivity contribution in [1.82, 2.24) is 9.88 Å². The number of rotatable bonds is 4. The minimum Gasteiger partial charge on any atom is -0.392 e. The Bertz CT molecular complexity index is 401. The van der Waals surface area contributed by atoms with E-state index in [-0.39, 0.29) is 11.9 Å². The van der Waals surface area contributed by atoms with Gasteiger partial charge in [-0.25, -0.2) is 4.98 Å². The third-order valence-electron chi connectivity index (χ3n) is 2.04. The molecule has 88 valence electrons. The Kier molecular flexibility index (Phi) is 4.37. The zero-order valence-corrected chi connectivity index (χ0v) is 11.2. The van der Waals surface area contributed by atoms with Gasteiger partial charge >= 0.3 is 0 Å². The summed E-state index contributed by atoms with van der Waals surface area (Å²) in [5.74, 6) is -0.0617. The number of nitrogens with two attached hydrogens (primary N) is 1. The van der Waals surface area contributed by atoms with E-state index in [0.717, 1.165) is 5.01 Å². The summed E-state index contributed by atoms with van der Waals surface area (Å²) in [7, 11) is 0. The Balaban J connectivity index is 2.87. The van der Waals surface area contributed by atoms with Crippen LogP contribution in [0.5, 0.6) is 0 Å². The molecular formula is C10H15N3OS2. The summed E-state index contributed by atoms with van der Waals surface area (Å²) >= 11 is 6.22. The van der Waals surface area contributed by atoms with E-state index in [2.05, 4.69) is 4.98 Å². The van der Waals surface area contributed by atoms with Gasteiger partial charge in [0.05, 0.1) is 22.7 Å². The van der Waals surface area contributed by atoms with E-state index in [4.69, 9.17) is 18.0 Å². The summed E-state index contributed by atoms with van der Waals surface area (Å²) in [6.07, 6.45) is 1.59. The lowest BCUT2D eigenvalue weighted by Crippen LogP contribution is -2.41. The predicted octanol–water partition coefficient (Wildman–Crippen LogP) is 1.59. The first-order chi connectivity index (χ1) is 7.41. The molecule has 0 aliphatic carbocycles. The van der Waals surface area contributed by atoms with Crippen LogP contribution in [0.1, 0.15) is 28.5 Å². The van der Waals surface area contributed by atoms with Gasteiger partial charge in [0.2, 0.25) is 0 Å². The molecule has 0 saturated carbocycles. The molecule has 16 heavy (non-hydrogen) atoms. The van der Waals surface area contributed by atoms with Crippen LogP contribution in [0, 0.1) is 6.92 Å². The highest BCUT2D eigenvalue weighted by Gasteiger charge is 2.20. The Morgan fingerprint density at radius 1 is 1.69 bits per heavy atom. The molecule has 2 N–H and O–H groups in total. The van der Waals surface area contributed by atoms with E-state index in [1.807, 2.05) is 20.8 Å². The number of hydrogen-bond acceptors (Lipinski definition) is 4. The molecule has 0 radical (unpaired) electrons. The number of thiocarbonyl (C=S) groups is 1. The number of aromatic nitrogens is 1. The van der Waals surface area contributed by atoms with Gasteiger partial charge in [0.25, 0.3) is 5.91 Å². The highest BCUT2D eigenvalue weighted by molar-refractivity contribution is 7.80. The summed E-state index contributed by atoms with van der Waals surface area (Å²) in [4.78, 5) is 18.8. The van der Waals surface area contributed by atoms with Gasteiger partial charge in [-0.2, -0.15) is 0 Å². The maximum atomic E-state index is 12.1. The van der Waals surface area contributed by atoms with Crippen molar-refractivity contribution < 1.29 is 4.79 Å². The van der Waals surface area contributed by atoms with Crippen molar-refractivity contribution in [2.45, 2.75) is 26.8 Å². The summed E-state index contributed by atoms with van der Waals surface area (Å²) in [6.45, 7) is 6.05. The van der Waals surface area contributed by atoms with Crippen LogP contribution in [-0.2, 0) is 0 Å². The third kappa shape index (κ3) is 3.24. The number of carbonyl (C=O) groups excluding carboxylic acids is 1. The second-order valence-electron chi connectivity index (χ2n) is 3.74. The van der Waals surface area contributed by atoms with E-state index in [9.17, 15) is 4.79 Å². The van der Waals surface area contributed by atoms with Gasteiger partial charge in [-0.3, -0.25) is 4.79 Å². The average molecular weight is 257 g/mol. The van der Waals surface area contributed by atoms with Crippen molar-refractivity contribution in [3.05, 3.63) is 16.1 Å². The SMILES string of the molecule is Cc1ncc(C(=O)N(CC(N)=S)C(C)C)s1. The van der Waals surface area contributed by atoms with Crippen molar-refractivity contribution in [2.24, 2.45) is 5.73 Å². The van der Waals surface area contributed by atoms with E-state index in [1.54, 1.807) is 11.1 Å². The Morgan fingerprint density at radius 3 is 2.69 bits per heavy atom. The molecule has 6 heteroatoms. The lowest BCUT2D eigenvalue weighted by molar-refractivity contribution is 0.0741. The van der Waals surface area contributed by atoms with E-state index in [0.29, 0.717) is 16.4 Å². The monoisotopic (exact) mass is 257 g/mol. The minimum atomic E-state index is -0.0617. The summed E-state index contributed by atoms with van der Waals surface area (Å²) in [5.41, 5.74) is 5.48.